The van der Waals surface area contributed by atoms with Crippen molar-refractivity contribution in [3.63, 3.8) is 0 Å². The maximum atomic E-state index is 6.38. The molecule has 9 aromatic rings. The van der Waals surface area contributed by atoms with Gasteiger partial charge in [0.05, 0.1) is 16.8 Å². The summed E-state index contributed by atoms with van der Waals surface area (Å²) in [5.74, 6) is 1.20. The van der Waals surface area contributed by atoms with Crippen LogP contribution < -0.4 is 4.74 Å². The van der Waals surface area contributed by atoms with Crippen LogP contribution in [0.4, 0.5) is 0 Å². The Balaban J connectivity index is 0.00000289. The minimum atomic E-state index is 0. The molecule has 5 heterocycles. The molecule has 0 saturated carbocycles. The Morgan fingerprint density at radius 3 is 1.89 bits per heavy atom. The topological polar surface area (TPSA) is 56.7 Å². The molecule has 0 aliphatic carbocycles. The van der Waals surface area contributed by atoms with Gasteiger partial charge in [0.1, 0.15) is 0 Å². The van der Waals surface area contributed by atoms with Crippen LogP contribution in [0, 0.1) is 26.0 Å². The molecule has 0 saturated heterocycles. The molecular formula is C37H23N5OPt. The van der Waals surface area contributed by atoms with Crippen molar-refractivity contribution in [3.8, 4) is 22.6 Å². The number of ether oxygens (including phenoxy) is 1. The summed E-state index contributed by atoms with van der Waals surface area (Å²) < 4.78 is 10.6. The molecule has 44 heavy (non-hydrogen) atoms. The maximum Gasteiger partial charge on any atom is 2.00 e. The van der Waals surface area contributed by atoms with E-state index in [2.05, 4.69) is 88.9 Å². The van der Waals surface area contributed by atoms with Gasteiger partial charge in [-0.2, -0.15) is 0 Å². The zero-order valence-corrected chi connectivity index (χ0v) is 26.0. The number of rotatable bonds is 3. The fraction of sp³-hybridized carbons (Fsp3) is 0.0541. The van der Waals surface area contributed by atoms with E-state index in [4.69, 9.17) is 9.72 Å². The summed E-state index contributed by atoms with van der Waals surface area (Å²) in [6, 6.07) is 30.2. The van der Waals surface area contributed by atoms with E-state index in [9.17, 15) is 0 Å². The Bertz CT molecular complexity index is 2560. The molecule has 0 aliphatic rings. The molecular weight excluding hydrogens is 726 g/mol. The molecule has 0 N–H and O–H groups in total. The normalized spacial score (nSPS) is 11.7. The third-order valence-corrected chi connectivity index (χ3v) is 8.45. The Labute approximate surface area is 266 Å². The number of fused-ring (bicyclic) bond motifs is 12. The summed E-state index contributed by atoms with van der Waals surface area (Å²) in [5, 5.41) is 6.16. The SMILES string of the molecule is Cc1cccc(C)c1-c1ccc2c3ccc(Oc4[c-]c5c(cc4)c4ccncc4n4ccnc54)[c-]c3c3nccn3c2c1.[Pt+2]. The summed E-state index contributed by atoms with van der Waals surface area (Å²) >= 11 is 0. The summed E-state index contributed by atoms with van der Waals surface area (Å²) in [5.41, 5.74) is 8.77. The van der Waals surface area contributed by atoms with E-state index in [0.717, 1.165) is 54.6 Å². The van der Waals surface area contributed by atoms with Crippen LogP contribution >= 0.6 is 0 Å². The van der Waals surface area contributed by atoms with Crippen LogP contribution in [0.2, 0.25) is 0 Å². The van der Waals surface area contributed by atoms with E-state index >= 15 is 0 Å². The van der Waals surface area contributed by atoms with Gasteiger partial charge in [-0.15, -0.1) is 12.1 Å². The van der Waals surface area contributed by atoms with Crippen LogP contribution in [0.1, 0.15) is 11.1 Å². The van der Waals surface area contributed by atoms with Crippen molar-refractivity contribution < 1.29 is 25.8 Å². The molecule has 6 nitrogen and oxygen atoms in total. The molecule has 4 aromatic carbocycles. The minimum Gasteiger partial charge on any atom is -0.497 e. The first-order valence-electron chi connectivity index (χ1n) is 14.2. The fourth-order valence-corrected chi connectivity index (χ4v) is 6.54. The van der Waals surface area contributed by atoms with Crippen LogP contribution in [-0.4, -0.2) is 23.8 Å². The molecule has 5 aromatic heterocycles. The molecule has 0 atom stereocenters. The van der Waals surface area contributed by atoms with Crippen LogP contribution in [0.3, 0.4) is 0 Å². The Kier molecular flexibility index (Phi) is 6.04. The summed E-state index contributed by atoms with van der Waals surface area (Å²) in [6.07, 6.45) is 11.3. The van der Waals surface area contributed by atoms with Gasteiger partial charge in [0.25, 0.3) is 0 Å². The number of pyridine rings is 3. The van der Waals surface area contributed by atoms with Crippen molar-refractivity contribution in [1.82, 2.24) is 23.8 Å². The van der Waals surface area contributed by atoms with Gasteiger partial charge >= 0.3 is 21.1 Å². The average Bonchev–Trinajstić information content (AvgIpc) is 3.73. The molecule has 7 heteroatoms. The predicted octanol–water partition coefficient (Wildman–Crippen LogP) is 8.66. The van der Waals surface area contributed by atoms with Crippen molar-refractivity contribution in [2.45, 2.75) is 13.8 Å². The molecule has 0 fully saturated rings. The number of aryl methyl sites for hydroxylation is 2. The number of nitrogens with zero attached hydrogens (tertiary/aromatic N) is 5. The second-order valence-corrected chi connectivity index (χ2v) is 11.0. The maximum absolute atomic E-state index is 6.38. The standard InChI is InChI=1S/C37H23N5O.Pt/c1-22-4-3-5-23(2)35(22)24-6-9-29-27-10-7-25(19-31(27)36-39-14-16-41(36)33(29)18-24)43-26-8-11-28-30-12-13-38-21-34(30)42-17-15-40-37(42)32(28)20-26;/h3-18,21H,1-2H3;/q-2;+2. The third kappa shape index (κ3) is 3.88. The zero-order chi connectivity index (χ0) is 28.7. The van der Waals surface area contributed by atoms with Crippen LogP contribution in [0.25, 0.3) is 65.8 Å². The van der Waals surface area contributed by atoms with Gasteiger partial charge in [-0.1, -0.05) is 76.1 Å². The molecule has 212 valence electrons. The van der Waals surface area contributed by atoms with Crippen LogP contribution in [0.5, 0.6) is 11.5 Å². The van der Waals surface area contributed by atoms with Gasteiger partial charge in [0.15, 0.2) is 0 Å². The van der Waals surface area contributed by atoms with Crippen molar-refractivity contribution in [2.75, 3.05) is 0 Å². The first-order valence-corrected chi connectivity index (χ1v) is 14.2. The van der Waals surface area contributed by atoms with E-state index in [1.54, 1.807) is 6.20 Å². The van der Waals surface area contributed by atoms with E-state index < -0.39 is 0 Å². The molecule has 0 bridgehead atoms. The van der Waals surface area contributed by atoms with Gasteiger partial charge in [0, 0.05) is 54.2 Å². The van der Waals surface area contributed by atoms with E-state index in [1.807, 2.05) is 53.6 Å². The first-order chi connectivity index (χ1) is 21.1. The Hall–Kier alpha value is -5.06. The van der Waals surface area contributed by atoms with Gasteiger partial charge in [-0.3, -0.25) is 15.0 Å². The Morgan fingerprint density at radius 1 is 0.636 bits per heavy atom. The van der Waals surface area contributed by atoms with E-state index in [0.29, 0.717) is 11.5 Å². The summed E-state index contributed by atoms with van der Waals surface area (Å²) in [7, 11) is 0. The van der Waals surface area contributed by atoms with Crippen molar-refractivity contribution in [3.05, 3.63) is 127 Å². The second kappa shape index (κ2) is 10.0. The number of hydrogen-bond donors (Lipinski definition) is 0. The number of benzene rings is 4. The quantitative estimate of drug-likeness (QED) is 0.134. The molecule has 0 unspecified atom stereocenters. The Morgan fingerprint density at radius 2 is 1.23 bits per heavy atom. The number of aromatic nitrogens is 5. The molecule has 0 radical (unpaired) electrons. The molecule has 0 aliphatic heterocycles. The van der Waals surface area contributed by atoms with Crippen LogP contribution in [-0.2, 0) is 21.1 Å². The second-order valence-electron chi connectivity index (χ2n) is 11.0. The summed E-state index contributed by atoms with van der Waals surface area (Å²) in [4.78, 5) is 13.7. The van der Waals surface area contributed by atoms with Gasteiger partial charge < -0.3 is 13.5 Å². The van der Waals surface area contributed by atoms with Crippen molar-refractivity contribution in [1.29, 1.82) is 0 Å². The first kappa shape index (κ1) is 26.6. The van der Waals surface area contributed by atoms with Crippen molar-refractivity contribution >= 4 is 54.6 Å². The number of imidazole rings is 2. The van der Waals surface area contributed by atoms with Crippen molar-refractivity contribution in [2.24, 2.45) is 0 Å². The fourth-order valence-electron chi connectivity index (χ4n) is 6.54. The largest absolute Gasteiger partial charge is 2.00 e. The summed E-state index contributed by atoms with van der Waals surface area (Å²) in [6.45, 7) is 4.33. The molecule has 0 spiro atoms. The third-order valence-electron chi connectivity index (χ3n) is 8.45. The van der Waals surface area contributed by atoms with Gasteiger partial charge in [-0.05, 0) is 59.0 Å². The van der Waals surface area contributed by atoms with E-state index in [-0.39, 0.29) is 21.1 Å². The number of hydrogen-bond acceptors (Lipinski definition) is 4. The van der Waals surface area contributed by atoms with E-state index in [1.165, 1.54) is 22.3 Å². The zero-order valence-electron chi connectivity index (χ0n) is 23.8. The molecule has 9 rings (SSSR count). The minimum absolute atomic E-state index is 0. The smallest absolute Gasteiger partial charge is 0.497 e. The van der Waals surface area contributed by atoms with Gasteiger partial charge in [-0.25, -0.2) is 0 Å². The monoisotopic (exact) mass is 748 g/mol. The van der Waals surface area contributed by atoms with Crippen LogP contribution in [0.15, 0.2) is 104 Å². The predicted molar refractivity (Wildman–Crippen MR) is 171 cm³/mol. The molecule has 0 amide bonds. The van der Waals surface area contributed by atoms with Gasteiger partial charge in [0.2, 0.25) is 0 Å². The average molecular weight is 749 g/mol.